The highest BCUT2D eigenvalue weighted by molar-refractivity contribution is 6.34. The second kappa shape index (κ2) is 7.47. The second-order valence-electron chi connectivity index (χ2n) is 5.37. The molecule has 0 spiro atoms. The van der Waals surface area contributed by atoms with Crippen molar-refractivity contribution in [1.29, 1.82) is 0 Å². The highest BCUT2D eigenvalue weighted by atomic mass is 35.5. The summed E-state index contributed by atoms with van der Waals surface area (Å²) in [4.78, 5) is 24.7. The molecule has 3 rings (SSSR count). The Morgan fingerprint density at radius 1 is 1.23 bits per heavy atom. The maximum Gasteiger partial charge on any atom is 0.291 e. The number of halogens is 2. The van der Waals surface area contributed by atoms with Crippen LogP contribution in [0.15, 0.2) is 51.7 Å². The van der Waals surface area contributed by atoms with Crippen molar-refractivity contribution in [2.24, 2.45) is 0 Å². The molecule has 134 valence electrons. The van der Waals surface area contributed by atoms with Crippen LogP contribution >= 0.6 is 23.2 Å². The van der Waals surface area contributed by atoms with E-state index >= 15 is 0 Å². The number of hydrogen-bond donors (Lipinski definition) is 2. The fourth-order valence-corrected chi connectivity index (χ4v) is 2.81. The SMILES string of the molecule is COC(O)c1cc(Cl)ccc1NC(=O)c1cc(=O)c2cccc(Cl)c2o1. The van der Waals surface area contributed by atoms with E-state index in [1.807, 2.05) is 0 Å². The minimum Gasteiger partial charge on any atom is -0.449 e. The molecule has 0 aliphatic rings. The Labute approximate surface area is 157 Å². The predicted molar refractivity (Wildman–Crippen MR) is 98.9 cm³/mol. The van der Waals surface area contributed by atoms with Gasteiger partial charge in [-0.25, -0.2) is 0 Å². The maximum atomic E-state index is 12.5. The first-order valence-electron chi connectivity index (χ1n) is 7.44. The molecular formula is C18H13Cl2NO5. The monoisotopic (exact) mass is 393 g/mol. The lowest BCUT2D eigenvalue weighted by Gasteiger charge is -2.15. The molecule has 0 saturated carbocycles. The Balaban J connectivity index is 2.00. The molecule has 1 atom stereocenters. The smallest absolute Gasteiger partial charge is 0.291 e. The van der Waals surface area contributed by atoms with Gasteiger partial charge in [0.25, 0.3) is 5.91 Å². The van der Waals surface area contributed by atoms with Gasteiger partial charge in [-0.1, -0.05) is 29.3 Å². The van der Waals surface area contributed by atoms with Gasteiger partial charge in [0, 0.05) is 29.4 Å². The zero-order valence-electron chi connectivity index (χ0n) is 13.5. The van der Waals surface area contributed by atoms with Crippen molar-refractivity contribution in [2.45, 2.75) is 6.29 Å². The van der Waals surface area contributed by atoms with Gasteiger partial charge in [-0.3, -0.25) is 9.59 Å². The minimum absolute atomic E-state index is 0.125. The summed E-state index contributed by atoms with van der Waals surface area (Å²) in [5, 5.41) is 13.3. The Kier molecular flexibility index (Phi) is 5.29. The van der Waals surface area contributed by atoms with Crippen molar-refractivity contribution in [3.05, 3.63) is 74.1 Å². The number of aliphatic hydroxyl groups is 1. The van der Waals surface area contributed by atoms with Crippen LogP contribution in [0.1, 0.15) is 22.4 Å². The zero-order chi connectivity index (χ0) is 18.8. The number of methoxy groups -OCH3 is 1. The summed E-state index contributed by atoms with van der Waals surface area (Å²) in [6, 6.07) is 10.3. The molecule has 1 heterocycles. The van der Waals surface area contributed by atoms with Crippen LogP contribution in [0.2, 0.25) is 10.0 Å². The summed E-state index contributed by atoms with van der Waals surface area (Å²) < 4.78 is 10.4. The predicted octanol–water partition coefficient (Wildman–Crippen LogP) is 3.99. The van der Waals surface area contributed by atoms with E-state index in [1.165, 1.54) is 25.3 Å². The van der Waals surface area contributed by atoms with Gasteiger partial charge in [-0.15, -0.1) is 0 Å². The fraction of sp³-hybridized carbons (Fsp3) is 0.111. The molecule has 1 aromatic heterocycles. The van der Waals surface area contributed by atoms with Gasteiger partial charge in [-0.05, 0) is 30.3 Å². The van der Waals surface area contributed by atoms with Crippen molar-refractivity contribution < 1.29 is 19.1 Å². The summed E-state index contributed by atoms with van der Waals surface area (Å²) in [7, 11) is 1.31. The molecule has 3 aromatic rings. The topological polar surface area (TPSA) is 88.8 Å². The van der Waals surface area contributed by atoms with E-state index in [9.17, 15) is 14.7 Å². The summed E-state index contributed by atoms with van der Waals surface area (Å²) in [5.74, 6) is -0.904. The highest BCUT2D eigenvalue weighted by Gasteiger charge is 2.18. The molecule has 6 nitrogen and oxygen atoms in total. The lowest BCUT2D eigenvalue weighted by atomic mass is 10.1. The Morgan fingerprint density at radius 3 is 2.73 bits per heavy atom. The average Bonchev–Trinajstić information content (AvgIpc) is 2.63. The van der Waals surface area contributed by atoms with Crippen molar-refractivity contribution in [1.82, 2.24) is 0 Å². The second-order valence-corrected chi connectivity index (χ2v) is 6.21. The van der Waals surface area contributed by atoms with Crippen LogP contribution in [0.5, 0.6) is 0 Å². The van der Waals surface area contributed by atoms with E-state index in [2.05, 4.69) is 5.32 Å². The Bertz CT molecular complexity index is 1050. The van der Waals surface area contributed by atoms with Crippen molar-refractivity contribution in [3.63, 3.8) is 0 Å². The van der Waals surface area contributed by atoms with Crippen LogP contribution in [-0.2, 0) is 4.74 Å². The van der Waals surface area contributed by atoms with Crippen molar-refractivity contribution in [2.75, 3.05) is 12.4 Å². The standard InChI is InChI=1S/C18H13Cl2NO5/c1-25-18(24)11-7-9(19)5-6-13(11)21-17(23)15-8-14(22)10-3-2-4-12(20)16(10)26-15/h2-8,18,24H,1H3,(H,21,23). The summed E-state index contributed by atoms with van der Waals surface area (Å²) in [6.45, 7) is 0. The molecule has 0 bridgehead atoms. The number of carbonyl (C=O) groups excluding carboxylic acids is 1. The van der Waals surface area contributed by atoms with E-state index in [4.69, 9.17) is 32.4 Å². The van der Waals surface area contributed by atoms with Crippen LogP contribution < -0.4 is 10.7 Å². The lowest BCUT2D eigenvalue weighted by Crippen LogP contribution is -2.17. The molecule has 1 amide bonds. The van der Waals surface area contributed by atoms with Crippen molar-refractivity contribution >= 4 is 45.8 Å². The number of hydrogen-bond acceptors (Lipinski definition) is 5. The molecule has 0 aliphatic heterocycles. The van der Waals surface area contributed by atoms with Gasteiger partial charge in [0.05, 0.1) is 10.4 Å². The van der Waals surface area contributed by atoms with Gasteiger partial charge in [0.1, 0.15) is 0 Å². The quantitative estimate of drug-likeness (QED) is 0.654. The number of ether oxygens (including phenoxy) is 1. The van der Waals surface area contributed by atoms with Crippen LogP contribution in [-0.4, -0.2) is 18.1 Å². The van der Waals surface area contributed by atoms with Gasteiger partial charge in [0.15, 0.2) is 23.1 Å². The first-order valence-corrected chi connectivity index (χ1v) is 8.20. The first-order chi connectivity index (χ1) is 12.4. The third-order valence-electron chi connectivity index (χ3n) is 3.68. The third kappa shape index (κ3) is 3.59. The number of benzene rings is 2. The van der Waals surface area contributed by atoms with E-state index in [0.717, 1.165) is 6.07 Å². The highest BCUT2D eigenvalue weighted by Crippen LogP contribution is 2.28. The van der Waals surface area contributed by atoms with Gasteiger partial charge < -0.3 is 19.6 Å². The van der Waals surface area contributed by atoms with E-state index in [0.29, 0.717) is 5.02 Å². The number of fused-ring (bicyclic) bond motifs is 1. The number of nitrogens with one attached hydrogen (secondary N) is 1. The van der Waals surface area contributed by atoms with Crippen LogP contribution in [0.4, 0.5) is 5.69 Å². The van der Waals surface area contributed by atoms with Gasteiger partial charge in [-0.2, -0.15) is 0 Å². The molecule has 0 aliphatic carbocycles. The molecule has 2 aromatic carbocycles. The van der Waals surface area contributed by atoms with Crippen LogP contribution in [0.25, 0.3) is 11.0 Å². The summed E-state index contributed by atoms with van der Waals surface area (Å²) in [6.07, 6.45) is -1.29. The number of aliphatic hydroxyl groups excluding tert-OH is 1. The normalized spacial score (nSPS) is 12.2. The lowest BCUT2D eigenvalue weighted by molar-refractivity contribution is -0.0764. The first kappa shape index (κ1) is 18.4. The van der Waals surface area contributed by atoms with Crippen LogP contribution in [0, 0.1) is 0 Å². The summed E-state index contributed by atoms with van der Waals surface area (Å²) >= 11 is 12.0. The van der Waals surface area contributed by atoms with E-state index in [1.54, 1.807) is 18.2 Å². The van der Waals surface area contributed by atoms with E-state index < -0.39 is 17.6 Å². The number of amides is 1. The minimum atomic E-state index is -1.29. The molecular weight excluding hydrogens is 381 g/mol. The number of para-hydroxylation sites is 1. The molecule has 1 unspecified atom stereocenters. The fourth-order valence-electron chi connectivity index (χ4n) is 2.42. The largest absolute Gasteiger partial charge is 0.449 e. The van der Waals surface area contributed by atoms with Crippen LogP contribution in [0.3, 0.4) is 0 Å². The Morgan fingerprint density at radius 2 is 2.00 bits per heavy atom. The summed E-state index contributed by atoms with van der Waals surface area (Å²) in [5.41, 5.74) is 0.248. The zero-order valence-corrected chi connectivity index (χ0v) is 15.0. The molecule has 0 fully saturated rings. The number of anilines is 1. The molecule has 8 heteroatoms. The molecule has 0 saturated heterocycles. The molecule has 2 N–H and O–H groups in total. The Hall–Kier alpha value is -2.38. The average molecular weight is 394 g/mol. The maximum absolute atomic E-state index is 12.5. The van der Waals surface area contributed by atoms with Crippen molar-refractivity contribution in [3.8, 4) is 0 Å². The van der Waals surface area contributed by atoms with Gasteiger partial charge in [0.2, 0.25) is 0 Å². The molecule has 0 radical (unpaired) electrons. The van der Waals surface area contributed by atoms with E-state index in [-0.39, 0.29) is 33.0 Å². The number of carbonyl (C=O) groups is 1. The molecule has 26 heavy (non-hydrogen) atoms. The third-order valence-corrected chi connectivity index (χ3v) is 4.21. The van der Waals surface area contributed by atoms with Gasteiger partial charge >= 0.3 is 0 Å². The number of rotatable bonds is 4.